The Morgan fingerprint density at radius 3 is 2.81 bits per heavy atom. The van der Waals surface area contributed by atoms with E-state index in [1.807, 2.05) is 36.5 Å². The van der Waals surface area contributed by atoms with Gasteiger partial charge in [-0.3, -0.25) is 9.48 Å². The molecule has 0 bridgehead atoms. The zero-order chi connectivity index (χ0) is 17.7. The molecule has 0 saturated carbocycles. The second-order valence-electron chi connectivity index (χ2n) is 6.22. The van der Waals surface area contributed by atoms with Crippen LogP contribution in [-0.4, -0.2) is 42.4 Å². The fourth-order valence-corrected chi connectivity index (χ4v) is 3.52. The van der Waals surface area contributed by atoms with Crippen molar-refractivity contribution in [3.63, 3.8) is 0 Å². The zero-order valence-corrected chi connectivity index (χ0v) is 16.2. The van der Waals surface area contributed by atoms with E-state index in [4.69, 9.17) is 16.3 Å². The van der Waals surface area contributed by atoms with Crippen LogP contribution in [0.15, 0.2) is 42.7 Å². The maximum atomic E-state index is 13.1. The molecule has 1 aliphatic rings. The number of carbonyl (C=O) groups is 1. The lowest BCUT2D eigenvalue weighted by Crippen LogP contribution is -2.55. The van der Waals surface area contributed by atoms with Gasteiger partial charge in [0.2, 0.25) is 5.91 Å². The number of piperidine rings is 1. The van der Waals surface area contributed by atoms with Crippen molar-refractivity contribution in [1.82, 2.24) is 20.4 Å². The number of amides is 1. The Kier molecular flexibility index (Phi) is 7.46. The number of carbonyl (C=O) groups excluding carboxylic acids is 1. The van der Waals surface area contributed by atoms with Crippen LogP contribution in [0.2, 0.25) is 5.02 Å². The van der Waals surface area contributed by atoms with E-state index in [1.54, 1.807) is 18.0 Å². The van der Waals surface area contributed by atoms with Gasteiger partial charge in [-0.2, -0.15) is 5.10 Å². The monoisotopic (exact) mass is 398 g/mol. The fraction of sp³-hybridized carbons (Fsp3) is 0.444. The van der Waals surface area contributed by atoms with Gasteiger partial charge in [0.15, 0.2) is 0 Å². The maximum absolute atomic E-state index is 13.1. The van der Waals surface area contributed by atoms with Gasteiger partial charge in [-0.25, -0.2) is 0 Å². The molecular formula is C18H24Cl2N4O2. The lowest BCUT2D eigenvalue weighted by Gasteiger charge is -2.36. The standard InChI is InChI=1S/C18H23ClN4O2.ClH/c1-25-16(14-4-2-5-15(19)12-14)13-21-17(24)18(6-9-20-10-7-18)23-11-3-8-22-23;/h2-5,8,11-12,16,20H,6-7,9-10,13H2,1H3,(H,21,24);1H. The molecule has 2 N–H and O–H groups in total. The summed E-state index contributed by atoms with van der Waals surface area (Å²) in [6, 6.07) is 9.35. The molecule has 6 nitrogen and oxygen atoms in total. The van der Waals surface area contributed by atoms with Crippen molar-refractivity contribution in [3.8, 4) is 0 Å². The lowest BCUT2D eigenvalue weighted by atomic mass is 9.87. The SMILES string of the molecule is COC(CNC(=O)C1(n2cccn2)CCNCC1)c1cccc(Cl)c1.Cl. The van der Waals surface area contributed by atoms with Crippen molar-refractivity contribution in [1.29, 1.82) is 0 Å². The quantitative estimate of drug-likeness (QED) is 0.784. The highest BCUT2D eigenvalue weighted by Crippen LogP contribution is 2.27. The Morgan fingerprint density at radius 2 is 2.19 bits per heavy atom. The normalized spacial score (nSPS) is 17.2. The third-order valence-corrected chi connectivity index (χ3v) is 4.98. The molecule has 1 aliphatic heterocycles. The average Bonchev–Trinajstić information content (AvgIpc) is 3.18. The number of rotatable bonds is 6. The van der Waals surface area contributed by atoms with Crippen LogP contribution in [0.3, 0.4) is 0 Å². The molecule has 0 aliphatic carbocycles. The predicted octanol–water partition coefficient (Wildman–Crippen LogP) is 2.54. The van der Waals surface area contributed by atoms with Crippen LogP contribution in [0, 0.1) is 0 Å². The van der Waals surface area contributed by atoms with Crippen LogP contribution in [-0.2, 0) is 15.1 Å². The van der Waals surface area contributed by atoms with Crippen molar-refractivity contribution in [2.45, 2.75) is 24.5 Å². The molecule has 1 saturated heterocycles. The molecule has 0 spiro atoms. The van der Waals surface area contributed by atoms with E-state index in [1.165, 1.54) is 0 Å². The van der Waals surface area contributed by atoms with E-state index < -0.39 is 5.54 Å². The van der Waals surface area contributed by atoms with Gasteiger partial charge in [0.25, 0.3) is 0 Å². The van der Waals surface area contributed by atoms with Gasteiger partial charge in [-0.1, -0.05) is 23.7 Å². The molecule has 3 rings (SSSR count). The highest BCUT2D eigenvalue weighted by molar-refractivity contribution is 6.30. The van der Waals surface area contributed by atoms with Crippen LogP contribution in [0.25, 0.3) is 0 Å². The number of aromatic nitrogens is 2. The van der Waals surface area contributed by atoms with Crippen LogP contribution in [0.1, 0.15) is 24.5 Å². The van der Waals surface area contributed by atoms with Gasteiger partial charge in [-0.15, -0.1) is 12.4 Å². The number of hydrogen-bond acceptors (Lipinski definition) is 4. The summed E-state index contributed by atoms with van der Waals surface area (Å²) in [4.78, 5) is 13.1. The molecule has 2 heterocycles. The molecule has 1 fully saturated rings. The molecule has 26 heavy (non-hydrogen) atoms. The van der Waals surface area contributed by atoms with Crippen LogP contribution >= 0.6 is 24.0 Å². The molecule has 8 heteroatoms. The molecule has 1 atom stereocenters. The largest absolute Gasteiger partial charge is 0.375 e. The fourth-order valence-electron chi connectivity index (χ4n) is 3.32. The Labute approximate surface area is 164 Å². The van der Waals surface area contributed by atoms with E-state index in [0.717, 1.165) is 18.7 Å². The minimum Gasteiger partial charge on any atom is -0.375 e. The second kappa shape index (κ2) is 9.37. The zero-order valence-electron chi connectivity index (χ0n) is 14.7. The van der Waals surface area contributed by atoms with Crippen molar-refractivity contribution in [2.75, 3.05) is 26.7 Å². The van der Waals surface area contributed by atoms with Crippen LogP contribution in [0.4, 0.5) is 0 Å². The van der Waals surface area contributed by atoms with Gasteiger partial charge < -0.3 is 15.4 Å². The summed E-state index contributed by atoms with van der Waals surface area (Å²) in [5.41, 5.74) is 0.287. The van der Waals surface area contributed by atoms with Gasteiger partial charge >= 0.3 is 0 Å². The smallest absolute Gasteiger partial charge is 0.248 e. The molecule has 142 valence electrons. The molecule has 1 aromatic carbocycles. The first-order valence-electron chi connectivity index (χ1n) is 8.43. The van der Waals surface area contributed by atoms with E-state index in [0.29, 0.717) is 24.4 Å². The number of benzene rings is 1. The molecule has 1 unspecified atom stereocenters. The summed E-state index contributed by atoms with van der Waals surface area (Å²) in [6.07, 6.45) is 4.72. The van der Waals surface area contributed by atoms with E-state index in [-0.39, 0.29) is 24.4 Å². The van der Waals surface area contributed by atoms with E-state index >= 15 is 0 Å². The number of nitrogens with one attached hydrogen (secondary N) is 2. The number of hydrogen-bond donors (Lipinski definition) is 2. The minimum absolute atomic E-state index is 0. The maximum Gasteiger partial charge on any atom is 0.248 e. The molecule has 1 amide bonds. The summed E-state index contributed by atoms with van der Waals surface area (Å²) >= 11 is 6.06. The van der Waals surface area contributed by atoms with Gasteiger partial charge in [0.1, 0.15) is 5.54 Å². The summed E-state index contributed by atoms with van der Waals surface area (Å²) in [7, 11) is 1.63. The lowest BCUT2D eigenvalue weighted by molar-refractivity contribution is -0.132. The number of ether oxygens (including phenoxy) is 1. The molecule has 1 aromatic heterocycles. The number of methoxy groups -OCH3 is 1. The predicted molar refractivity (Wildman–Crippen MR) is 104 cm³/mol. The summed E-state index contributed by atoms with van der Waals surface area (Å²) in [5, 5.41) is 11.3. The highest BCUT2D eigenvalue weighted by Gasteiger charge is 2.42. The Balaban J connectivity index is 0.00000243. The van der Waals surface area contributed by atoms with E-state index in [9.17, 15) is 4.79 Å². The Bertz CT molecular complexity index is 703. The molecular weight excluding hydrogens is 375 g/mol. The summed E-state index contributed by atoms with van der Waals surface area (Å²) < 4.78 is 7.33. The number of halogens is 2. The van der Waals surface area contributed by atoms with Gasteiger partial charge in [0, 0.05) is 31.1 Å². The first-order valence-corrected chi connectivity index (χ1v) is 8.81. The number of nitrogens with zero attached hydrogens (tertiary/aromatic N) is 2. The summed E-state index contributed by atoms with van der Waals surface area (Å²) in [6.45, 7) is 1.96. The first kappa shape index (κ1) is 20.7. The molecule has 2 aromatic rings. The summed E-state index contributed by atoms with van der Waals surface area (Å²) in [5.74, 6) is -0.0261. The Morgan fingerprint density at radius 1 is 1.42 bits per heavy atom. The third-order valence-electron chi connectivity index (χ3n) is 4.75. The van der Waals surface area contributed by atoms with Gasteiger partial charge in [-0.05, 0) is 49.7 Å². The van der Waals surface area contributed by atoms with Crippen LogP contribution in [0.5, 0.6) is 0 Å². The first-order chi connectivity index (χ1) is 12.2. The second-order valence-corrected chi connectivity index (χ2v) is 6.66. The molecule has 0 radical (unpaired) electrons. The van der Waals surface area contributed by atoms with Crippen molar-refractivity contribution in [2.24, 2.45) is 0 Å². The van der Waals surface area contributed by atoms with E-state index in [2.05, 4.69) is 15.7 Å². The topological polar surface area (TPSA) is 68.2 Å². The van der Waals surface area contributed by atoms with Crippen molar-refractivity contribution < 1.29 is 9.53 Å². The van der Waals surface area contributed by atoms with Gasteiger partial charge in [0.05, 0.1) is 6.10 Å². The third kappa shape index (κ3) is 4.38. The minimum atomic E-state index is -0.651. The highest BCUT2D eigenvalue weighted by atomic mass is 35.5. The Hall–Kier alpha value is -1.60. The van der Waals surface area contributed by atoms with Crippen molar-refractivity contribution in [3.05, 3.63) is 53.3 Å². The average molecular weight is 399 g/mol. The van der Waals surface area contributed by atoms with Crippen molar-refractivity contribution >= 4 is 29.9 Å². The van der Waals surface area contributed by atoms with Crippen LogP contribution < -0.4 is 10.6 Å².